The van der Waals surface area contributed by atoms with E-state index in [9.17, 15) is 9.90 Å². The number of piperidine rings is 1. The molecule has 3 atom stereocenters. The van der Waals surface area contributed by atoms with E-state index in [0.29, 0.717) is 17.4 Å². The van der Waals surface area contributed by atoms with Crippen LogP contribution in [-0.4, -0.2) is 42.1 Å². The summed E-state index contributed by atoms with van der Waals surface area (Å²) in [4.78, 5) is 14.2. The van der Waals surface area contributed by atoms with Crippen LogP contribution in [0.1, 0.15) is 18.1 Å². The van der Waals surface area contributed by atoms with Gasteiger partial charge in [-0.25, -0.2) is 0 Å². The minimum Gasteiger partial charge on any atom is -0.378 e. The molecule has 5 heteroatoms. The van der Waals surface area contributed by atoms with Crippen LogP contribution in [0.5, 0.6) is 0 Å². The molecule has 0 aliphatic carbocycles. The van der Waals surface area contributed by atoms with Crippen LogP contribution < -0.4 is 5.32 Å². The van der Waals surface area contributed by atoms with Crippen molar-refractivity contribution >= 4 is 18.3 Å². The lowest BCUT2D eigenvalue weighted by atomic mass is 9.88. The number of benzene rings is 1. The van der Waals surface area contributed by atoms with E-state index >= 15 is 0 Å². The minimum atomic E-state index is -1.02. The smallest absolute Gasteiger partial charge is 0.256 e. The molecule has 0 spiro atoms. The Hall–Kier alpha value is -1.10. The van der Waals surface area contributed by atoms with Crippen LogP contribution in [0.15, 0.2) is 30.3 Å². The summed E-state index contributed by atoms with van der Waals surface area (Å²) in [7, 11) is 0. The SMILES string of the molecule is Cl.O=C(C(O)c1ccccc1)N1CCC2CNCC2C1. The number of hydrogen-bond donors (Lipinski definition) is 2. The molecule has 0 aromatic heterocycles. The van der Waals surface area contributed by atoms with Crippen molar-refractivity contribution in [3.05, 3.63) is 35.9 Å². The number of nitrogens with zero attached hydrogens (tertiary/aromatic N) is 1. The van der Waals surface area contributed by atoms with Gasteiger partial charge in [0.2, 0.25) is 0 Å². The number of amides is 1. The first kappa shape index (κ1) is 15.3. The lowest BCUT2D eigenvalue weighted by Crippen LogP contribution is -2.45. The average Bonchev–Trinajstić information content (AvgIpc) is 2.94. The number of carbonyl (C=O) groups is 1. The van der Waals surface area contributed by atoms with Crippen LogP contribution >= 0.6 is 12.4 Å². The number of rotatable bonds is 2. The Labute approximate surface area is 125 Å². The number of fused-ring (bicyclic) bond motifs is 1. The molecule has 3 rings (SSSR count). The topological polar surface area (TPSA) is 52.6 Å². The first-order valence-electron chi connectivity index (χ1n) is 6.98. The zero-order valence-corrected chi connectivity index (χ0v) is 12.2. The highest BCUT2D eigenvalue weighted by molar-refractivity contribution is 5.85. The van der Waals surface area contributed by atoms with Gasteiger partial charge in [-0.05, 0) is 36.9 Å². The van der Waals surface area contributed by atoms with Crippen molar-refractivity contribution < 1.29 is 9.90 Å². The second-order valence-electron chi connectivity index (χ2n) is 5.56. The van der Waals surface area contributed by atoms with Gasteiger partial charge in [0.05, 0.1) is 0 Å². The van der Waals surface area contributed by atoms with E-state index in [0.717, 1.165) is 32.6 Å². The Bertz CT molecular complexity index is 454. The largest absolute Gasteiger partial charge is 0.378 e. The van der Waals surface area contributed by atoms with E-state index in [4.69, 9.17) is 0 Å². The second kappa shape index (κ2) is 6.57. The van der Waals surface area contributed by atoms with E-state index in [1.54, 1.807) is 12.1 Å². The number of nitrogens with one attached hydrogen (secondary N) is 1. The Kier molecular flexibility index (Phi) is 5.02. The number of aliphatic hydroxyl groups is 1. The molecule has 2 fully saturated rings. The molecule has 1 amide bonds. The zero-order valence-electron chi connectivity index (χ0n) is 11.4. The van der Waals surface area contributed by atoms with E-state index < -0.39 is 6.10 Å². The van der Waals surface area contributed by atoms with Crippen LogP contribution in [0, 0.1) is 11.8 Å². The monoisotopic (exact) mass is 296 g/mol. The van der Waals surface area contributed by atoms with Crippen molar-refractivity contribution in [2.45, 2.75) is 12.5 Å². The molecule has 4 nitrogen and oxygen atoms in total. The van der Waals surface area contributed by atoms with Gasteiger partial charge in [0, 0.05) is 13.1 Å². The third-order valence-electron chi connectivity index (χ3n) is 4.37. The Morgan fingerprint density at radius 2 is 1.95 bits per heavy atom. The molecule has 2 aliphatic rings. The van der Waals surface area contributed by atoms with Crippen molar-refractivity contribution in [3.63, 3.8) is 0 Å². The van der Waals surface area contributed by atoms with Crippen LogP contribution in [0.25, 0.3) is 0 Å². The van der Waals surface area contributed by atoms with Crippen molar-refractivity contribution in [2.24, 2.45) is 11.8 Å². The van der Waals surface area contributed by atoms with E-state index in [2.05, 4.69) is 5.32 Å². The van der Waals surface area contributed by atoms with Crippen LogP contribution in [0.4, 0.5) is 0 Å². The highest BCUT2D eigenvalue weighted by Crippen LogP contribution is 2.28. The first-order chi connectivity index (χ1) is 9.25. The summed E-state index contributed by atoms with van der Waals surface area (Å²) in [6.45, 7) is 3.62. The van der Waals surface area contributed by atoms with Crippen LogP contribution in [-0.2, 0) is 4.79 Å². The van der Waals surface area contributed by atoms with Gasteiger partial charge in [0.25, 0.3) is 5.91 Å². The number of likely N-dealkylation sites (tertiary alicyclic amines) is 1. The summed E-state index contributed by atoms with van der Waals surface area (Å²) in [6, 6.07) is 9.17. The third kappa shape index (κ3) is 2.97. The first-order valence-corrected chi connectivity index (χ1v) is 6.98. The molecule has 1 aromatic carbocycles. The number of carbonyl (C=O) groups excluding carboxylic acids is 1. The molecule has 0 bridgehead atoms. The Balaban J connectivity index is 0.00000147. The summed E-state index contributed by atoms with van der Waals surface area (Å²) in [6.07, 6.45) is 0.0254. The van der Waals surface area contributed by atoms with Crippen molar-refractivity contribution in [1.82, 2.24) is 10.2 Å². The molecule has 1 aromatic rings. The summed E-state index contributed by atoms with van der Waals surface area (Å²) < 4.78 is 0. The van der Waals surface area contributed by atoms with Gasteiger partial charge < -0.3 is 15.3 Å². The number of halogens is 1. The van der Waals surface area contributed by atoms with Gasteiger partial charge in [-0.15, -0.1) is 12.4 Å². The molecule has 2 aliphatic heterocycles. The fraction of sp³-hybridized carbons (Fsp3) is 0.533. The van der Waals surface area contributed by atoms with E-state index in [1.165, 1.54) is 0 Å². The normalized spacial score (nSPS) is 26.6. The zero-order chi connectivity index (χ0) is 13.2. The Morgan fingerprint density at radius 3 is 2.70 bits per heavy atom. The fourth-order valence-corrected chi connectivity index (χ4v) is 3.19. The average molecular weight is 297 g/mol. The predicted octanol–water partition coefficient (Wildman–Crippen LogP) is 1.21. The summed E-state index contributed by atoms with van der Waals surface area (Å²) in [5.74, 6) is 1.11. The van der Waals surface area contributed by atoms with Gasteiger partial charge in [-0.1, -0.05) is 30.3 Å². The predicted molar refractivity (Wildman–Crippen MR) is 79.7 cm³/mol. The molecule has 0 saturated carbocycles. The van der Waals surface area contributed by atoms with Gasteiger partial charge in [0.1, 0.15) is 0 Å². The van der Waals surface area contributed by atoms with Gasteiger partial charge >= 0.3 is 0 Å². The third-order valence-corrected chi connectivity index (χ3v) is 4.37. The Morgan fingerprint density at radius 1 is 1.25 bits per heavy atom. The van der Waals surface area contributed by atoms with Gasteiger partial charge in [0.15, 0.2) is 6.10 Å². The van der Waals surface area contributed by atoms with E-state index in [-0.39, 0.29) is 18.3 Å². The summed E-state index contributed by atoms with van der Waals surface area (Å²) in [5.41, 5.74) is 0.680. The minimum absolute atomic E-state index is 0. The molecule has 2 N–H and O–H groups in total. The molecular formula is C15H21ClN2O2. The summed E-state index contributed by atoms with van der Waals surface area (Å²) >= 11 is 0. The molecule has 2 saturated heterocycles. The number of aliphatic hydroxyl groups excluding tert-OH is 1. The van der Waals surface area contributed by atoms with E-state index in [1.807, 2.05) is 23.1 Å². The standard InChI is InChI=1S/C15H20N2O2.ClH/c18-14(11-4-2-1-3-5-11)15(19)17-7-6-12-8-16-9-13(12)10-17;/h1-5,12-14,16,18H,6-10H2;1H. The molecule has 110 valence electrons. The maximum absolute atomic E-state index is 12.3. The van der Waals surface area contributed by atoms with Crippen molar-refractivity contribution in [1.29, 1.82) is 0 Å². The highest BCUT2D eigenvalue weighted by atomic mass is 35.5. The highest BCUT2D eigenvalue weighted by Gasteiger charge is 2.36. The van der Waals surface area contributed by atoms with Crippen LogP contribution in [0.3, 0.4) is 0 Å². The second-order valence-corrected chi connectivity index (χ2v) is 5.56. The molecule has 0 radical (unpaired) electrons. The lowest BCUT2D eigenvalue weighted by Gasteiger charge is -2.35. The molecule has 2 heterocycles. The van der Waals surface area contributed by atoms with Crippen molar-refractivity contribution in [2.75, 3.05) is 26.2 Å². The maximum atomic E-state index is 12.3. The molecule has 3 unspecified atom stereocenters. The molecular weight excluding hydrogens is 276 g/mol. The lowest BCUT2D eigenvalue weighted by molar-refractivity contribution is -0.142. The van der Waals surface area contributed by atoms with Crippen LogP contribution in [0.2, 0.25) is 0 Å². The van der Waals surface area contributed by atoms with Crippen molar-refractivity contribution in [3.8, 4) is 0 Å². The fourth-order valence-electron chi connectivity index (χ4n) is 3.19. The number of hydrogen-bond acceptors (Lipinski definition) is 3. The quantitative estimate of drug-likeness (QED) is 0.862. The van der Waals surface area contributed by atoms with Gasteiger partial charge in [-0.3, -0.25) is 4.79 Å². The summed E-state index contributed by atoms with van der Waals surface area (Å²) in [5, 5.41) is 13.6. The van der Waals surface area contributed by atoms with Gasteiger partial charge in [-0.2, -0.15) is 0 Å². The molecule has 20 heavy (non-hydrogen) atoms. The maximum Gasteiger partial charge on any atom is 0.256 e.